The summed E-state index contributed by atoms with van der Waals surface area (Å²) >= 11 is 0. The normalized spacial score (nSPS) is 17.0. The van der Waals surface area contributed by atoms with Crippen LogP contribution in [0.2, 0.25) is 0 Å². The van der Waals surface area contributed by atoms with Crippen molar-refractivity contribution in [1.82, 2.24) is 20.8 Å². The van der Waals surface area contributed by atoms with Crippen LogP contribution in [0.25, 0.3) is 0 Å². The van der Waals surface area contributed by atoms with Gasteiger partial charge in [-0.1, -0.05) is 13.3 Å². The summed E-state index contributed by atoms with van der Waals surface area (Å²) < 4.78 is 0. The van der Waals surface area contributed by atoms with Crippen molar-refractivity contribution in [1.29, 1.82) is 0 Å². The molecule has 6 heteroatoms. The molecule has 0 bridgehead atoms. The first kappa shape index (κ1) is 17.3. The summed E-state index contributed by atoms with van der Waals surface area (Å²) in [5.74, 6) is 0.900. The van der Waals surface area contributed by atoms with Crippen LogP contribution in [0, 0.1) is 5.41 Å². The summed E-state index contributed by atoms with van der Waals surface area (Å²) in [4.78, 5) is 4.57. The van der Waals surface area contributed by atoms with Gasteiger partial charge in [0.15, 0.2) is 5.96 Å². The number of aromatic nitrogens is 2. The van der Waals surface area contributed by atoms with Gasteiger partial charge < -0.3 is 10.6 Å². The molecule has 1 aromatic rings. The molecular weight excluding hydrogens is 365 g/mol. The Morgan fingerprint density at radius 3 is 2.70 bits per heavy atom. The Hall–Kier alpha value is -0.790. The van der Waals surface area contributed by atoms with Gasteiger partial charge in [0.05, 0.1) is 12.2 Å². The molecule has 0 radical (unpaired) electrons. The third-order valence-corrected chi connectivity index (χ3v) is 4.11. The molecule has 5 nitrogen and oxygen atoms in total. The number of hydrogen-bond donors (Lipinski definition) is 3. The van der Waals surface area contributed by atoms with Gasteiger partial charge in [-0.25, -0.2) is 4.99 Å². The Balaban J connectivity index is 0.00000200. The van der Waals surface area contributed by atoms with E-state index in [-0.39, 0.29) is 24.0 Å². The van der Waals surface area contributed by atoms with Crippen LogP contribution in [-0.4, -0.2) is 29.2 Å². The summed E-state index contributed by atoms with van der Waals surface area (Å²) in [6, 6.07) is 1.95. The van der Waals surface area contributed by atoms with E-state index >= 15 is 0 Å². The number of rotatable bonds is 6. The van der Waals surface area contributed by atoms with Crippen LogP contribution in [0.4, 0.5) is 0 Å². The maximum Gasteiger partial charge on any atom is 0.191 e. The molecule has 114 valence electrons. The largest absolute Gasteiger partial charge is 0.357 e. The van der Waals surface area contributed by atoms with E-state index in [1.807, 2.05) is 6.07 Å². The Kier molecular flexibility index (Phi) is 7.32. The van der Waals surface area contributed by atoms with E-state index in [1.54, 1.807) is 6.20 Å². The van der Waals surface area contributed by atoms with Crippen molar-refractivity contribution in [2.24, 2.45) is 10.4 Å². The Labute approximate surface area is 138 Å². The zero-order valence-corrected chi connectivity index (χ0v) is 14.7. The third-order valence-electron chi connectivity index (χ3n) is 4.11. The molecule has 0 spiro atoms. The topological polar surface area (TPSA) is 65.1 Å². The highest BCUT2D eigenvalue weighted by Gasteiger charge is 2.34. The van der Waals surface area contributed by atoms with Crippen molar-refractivity contribution in [2.45, 2.75) is 46.1 Å². The highest BCUT2D eigenvalue weighted by molar-refractivity contribution is 14.0. The number of nitrogens with zero attached hydrogens (tertiary/aromatic N) is 2. The van der Waals surface area contributed by atoms with E-state index in [4.69, 9.17) is 0 Å². The van der Waals surface area contributed by atoms with E-state index in [1.165, 1.54) is 25.7 Å². The van der Waals surface area contributed by atoms with Crippen molar-refractivity contribution < 1.29 is 0 Å². The summed E-state index contributed by atoms with van der Waals surface area (Å²) in [6.45, 7) is 6.92. The molecule has 0 atom stereocenters. The van der Waals surface area contributed by atoms with Crippen LogP contribution < -0.4 is 10.6 Å². The maximum absolute atomic E-state index is 4.57. The molecule has 1 aliphatic carbocycles. The molecule has 0 aromatic carbocycles. The molecule has 2 rings (SSSR count). The van der Waals surface area contributed by atoms with Crippen molar-refractivity contribution >= 4 is 29.9 Å². The maximum atomic E-state index is 4.57. The lowest BCUT2D eigenvalue weighted by atomic mass is 9.67. The van der Waals surface area contributed by atoms with Gasteiger partial charge in [0.2, 0.25) is 0 Å². The standard InChI is InChI=1S/C14H25N5.HI/c1-3-14(7-5-8-14)11-17-13(15-4-2)16-10-12-6-9-18-19-12;/h6,9H,3-5,7-8,10-11H2,1-2H3,(H,18,19)(H2,15,16,17);1H. The number of H-pyrrole nitrogens is 1. The fourth-order valence-corrected chi connectivity index (χ4v) is 2.48. The first-order chi connectivity index (χ1) is 9.28. The van der Waals surface area contributed by atoms with E-state index in [0.717, 1.165) is 24.7 Å². The van der Waals surface area contributed by atoms with Gasteiger partial charge in [-0.05, 0) is 37.7 Å². The van der Waals surface area contributed by atoms with Crippen molar-refractivity contribution in [3.8, 4) is 0 Å². The predicted molar refractivity (Wildman–Crippen MR) is 93.4 cm³/mol. The zero-order valence-electron chi connectivity index (χ0n) is 12.4. The monoisotopic (exact) mass is 391 g/mol. The molecule has 0 amide bonds. The molecule has 3 N–H and O–H groups in total. The van der Waals surface area contributed by atoms with Gasteiger partial charge in [0, 0.05) is 19.3 Å². The molecule has 1 heterocycles. The number of nitrogens with one attached hydrogen (secondary N) is 3. The number of aromatic amines is 1. The summed E-state index contributed by atoms with van der Waals surface area (Å²) in [7, 11) is 0. The molecule has 0 saturated heterocycles. The van der Waals surface area contributed by atoms with Crippen LogP contribution in [0.15, 0.2) is 17.3 Å². The number of halogens is 1. The minimum atomic E-state index is 0. The van der Waals surface area contributed by atoms with Gasteiger partial charge in [-0.15, -0.1) is 24.0 Å². The van der Waals surface area contributed by atoms with Crippen LogP contribution in [0.1, 0.15) is 45.2 Å². The second-order valence-corrected chi connectivity index (χ2v) is 5.34. The van der Waals surface area contributed by atoms with E-state index < -0.39 is 0 Å². The molecule has 1 fully saturated rings. The second kappa shape index (κ2) is 8.49. The zero-order chi connectivity index (χ0) is 13.6. The molecule has 1 aromatic heterocycles. The lowest BCUT2D eigenvalue weighted by Crippen LogP contribution is -2.46. The van der Waals surface area contributed by atoms with E-state index in [9.17, 15) is 0 Å². The lowest BCUT2D eigenvalue weighted by molar-refractivity contribution is 0.131. The van der Waals surface area contributed by atoms with Gasteiger partial charge in [0.1, 0.15) is 0 Å². The fraction of sp³-hybridized carbons (Fsp3) is 0.714. The average Bonchev–Trinajstić information content (AvgIpc) is 2.88. The number of hydrogen-bond acceptors (Lipinski definition) is 2. The van der Waals surface area contributed by atoms with Gasteiger partial charge in [-0.3, -0.25) is 5.10 Å². The summed E-state index contributed by atoms with van der Waals surface area (Å²) in [5, 5.41) is 13.6. The first-order valence-corrected chi connectivity index (χ1v) is 7.28. The van der Waals surface area contributed by atoms with Crippen LogP contribution in [0.5, 0.6) is 0 Å². The number of aliphatic imine (C=N–C) groups is 1. The Morgan fingerprint density at radius 2 is 2.20 bits per heavy atom. The van der Waals surface area contributed by atoms with Crippen molar-refractivity contribution in [2.75, 3.05) is 13.1 Å². The van der Waals surface area contributed by atoms with Crippen molar-refractivity contribution in [3.63, 3.8) is 0 Å². The minimum Gasteiger partial charge on any atom is -0.357 e. The van der Waals surface area contributed by atoms with Crippen LogP contribution in [-0.2, 0) is 6.54 Å². The molecule has 20 heavy (non-hydrogen) atoms. The third kappa shape index (κ3) is 4.64. The predicted octanol–water partition coefficient (Wildman–Crippen LogP) is 2.66. The minimum absolute atomic E-state index is 0. The Bertz CT molecular complexity index is 392. The average molecular weight is 391 g/mol. The number of guanidine groups is 1. The lowest BCUT2D eigenvalue weighted by Gasteiger charge is -2.41. The van der Waals surface area contributed by atoms with E-state index in [2.05, 4.69) is 39.7 Å². The van der Waals surface area contributed by atoms with E-state index in [0.29, 0.717) is 12.0 Å². The smallest absolute Gasteiger partial charge is 0.191 e. The highest BCUT2D eigenvalue weighted by Crippen LogP contribution is 2.42. The quantitative estimate of drug-likeness (QED) is 0.397. The molecule has 0 aliphatic heterocycles. The van der Waals surface area contributed by atoms with Gasteiger partial charge in [0.25, 0.3) is 0 Å². The van der Waals surface area contributed by atoms with Gasteiger partial charge >= 0.3 is 0 Å². The van der Waals surface area contributed by atoms with Crippen molar-refractivity contribution in [3.05, 3.63) is 18.0 Å². The summed E-state index contributed by atoms with van der Waals surface area (Å²) in [6.07, 6.45) is 7.07. The fourth-order valence-electron chi connectivity index (χ4n) is 2.48. The Morgan fingerprint density at radius 1 is 1.40 bits per heavy atom. The van der Waals surface area contributed by atoms with Gasteiger partial charge in [-0.2, -0.15) is 5.10 Å². The highest BCUT2D eigenvalue weighted by atomic mass is 127. The summed E-state index contributed by atoms with van der Waals surface area (Å²) in [5.41, 5.74) is 1.54. The van der Waals surface area contributed by atoms with Crippen LogP contribution >= 0.6 is 24.0 Å². The van der Waals surface area contributed by atoms with Crippen LogP contribution in [0.3, 0.4) is 0 Å². The second-order valence-electron chi connectivity index (χ2n) is 5.34. The molecule has 0 unspecified atom stereocenters. The molecular formula is C14H26IN5. The first-order valence-electron chi connectivity index (χ1n) is 7.28. The molecule has 1 saturated carbocycles. The SMILES string of the molecule is CCNC(=NCc1ccn[nH]1)NCC1(CC)CCC1.I. The molecule has 1 aliphatic rings.